The maximum Gasteiger partial charge on any atom is 0.340 e. The van der Waals surface area contributed by atoms with E-state index in [2.05, 4.69) is 16.2 Å². The van der Waals surface area contributed by atoms with E-state index >= 15 is 0 Å². The van der Waals surface area contributed by atoms with Gasteiger partial charge in [-0.05, 0) is 42.9 Å². The predicted octanol–water partition coefficient (Wildman–Crippen LogP) is 2.46. The fourth-order valence-electron chi connectivity index (χ4n) is 2.33. The number of benzene rings is 1. The van der Waals surface area contributed by atoms with Gasteiger partial charge in [-0.2, -0.15) is 0 Å². The minimum absolute atomic E-state index is 0.135. The zero-order chi connectivity index (χ0) is 19.4. The summed E-state index contributed by atoms with van der Waals surface area (Å²) >= 11 is 6.58. The van der Waals surface area contributed by atoms with Gasteiger partial charge in [0.05, 0.1) is 12.7 Å². The molecule has 1 aromatic carbocycles. The summed E-state index contributed by atoms with van der Waals surface area (Å²) in [7, 11) is 1.32. The van der Waals surface area contributed by atoms with Crippen molar-refractivity contribution in [2.45, 2.75) is 13.3 Å². The van der Waals surface area contributed by atoms with Crippen molar-refractivity contribution in [3.8, 4) is 11.5 Å². The number of rotatable bonds is 4. The highest BCUT2D eigenvalue weighted by Gasteiger charge is 2.18. The number of methoxy groups -OCH3 is 1. The summed E-state index contributed by atoms with van der Waals surface area (Å²) in [4.78, 5) is 25.1. The quantitative estimate of drug-likeness (QED) is 0.404. The fraction of sp³-hybridized carbons (Fsp3) is 0.235. The molecule has 0 fully saturated rings. The van der Waals surface area contributed by atoms with Crippen LogP contribution in [0.15, 0.2) is 24.3 Å². The number of fused-ring (bicyclic) bond motifs is 1. The molecule has 1 amide bonds. The van der Waals surface area contributed by atoms with Crippen molar-refractivity contribution in [2.24, 2.45) is 0 Å². The Labute approximate surface area is 164 Å². The largest absolute Gasteiger partial charge is 0.465 e. The summed E-state index contributed by atoms with van der Waals surface area (Å²) in [5.74, 6) is 0.250. The van der Waals surface area contributed by atoms with E-state index in [1.165, 1.54) is 18.4 Å². The number of aryl methyl sites for hydroxylation is 1. The van der Waals surface area contributed by atoms with Crippen LogP contribution in [-0.4, -0.2) is 30.9 Å². The zero-order valence-corrected chi connectivity index (χ0v) is 16.2. The molecule has 142 valence electrons. The molecule has 10 heteroatoms. The van der Waals surface area contributed by atoms with Gasteiger partial charge in [0, 0.05) is 10.4 Å². The van der Waals surface area contributed by atoms with E-state index in [1.54, 1.807) is 24.3 Å². The van der Waals surface area contributed by atoms with Gasteiger partial charge in [0.25, 0.3) is 5.91 Å². The second-order valence-electron chi connectivity index (χ2n) is 5.40. The molecular formula is C17H17N3O5S2. The topological polar surface area (TPSA) is 97.9 Å². The van der Waals surface area contributed by atoms with Gasteiger partial charge in [-0.15, -0.1) is 11.3 Å². The molecule has 0 radical (unpaired) electrons. The molecule has 2 aromatic rings. The fourth-order valence-corrected chi connectivity index (χ4v) is 3.53. The molecule has 1 aromatic heterocycles. The van der Waals surface area contributed by atoms with Gasteiger partial charge < -0.3 is 19.5 Å². The molecular weight excluding hydrogens is 390 g/mol. The van der Waals surface area contributed by atoms with Gasteiger partial charge >= 0.3 is 5.97 Å². The summed E-state index contributed by atoms with van der Waals surface area (Å²) in [6, 6.07) is 6.61. The highest BCUT2D eigenvalue weighted by atomic mass is 32.1. The van der Waals surface area contributed by atoms with E-state index in [9.17, 15) is 9.59 Å². The summed E-state index contributed by atoms with van der Waals surface area (Å²) in [5.41, 5.74) is 5.88. The van der Waals surface area contributed by atoms with Crippen molar-refractivity contribution < 1.29 is 23.8 Å². The van der Waals surface area contributed by atoms with E-state index in [0.717, 1.165) is 11.3 Å². The van der Waals surface area contributed by atoms with E-state index in [4.69, 9.17) is 26.4 Å². The number of nitrogens with one attached hydrogen (secondary N) is 3. The number of carbonyl (C=O) groups is 2. The molecule has 0 atom stereocenters. The third-order valence-electron chi connectivity index (χ3n) is 3.69. The molecule has 0 saturated heterocycles. The molecule has 0 bridgehead atoms. The first-order valence-electron chi connectivity index (χ1n) is 7.99. The zero-order valence-electron chi connectivity index (χ0n) is 14.6. The minimum atomic E-state index is -0.458. The van der Waals surface area contributed by atoms with Crippen molar-refractivity contribution in [3.63, 3.8) is 0 Å². The minimum Gasteiger partial charge on any atom is -0.465 e. The number of thiocarbonyl (C=S) groups is 1. The molecule has 0 spiro atoms. The highest BCUT2D eigenvalue weighted by molar-refractivity contribution is 7.80. The predicted molar refractivity (Wildman–Crippen MR) is 104 cm³/mol. The van der Waals surface area contributed by atoms with Crippen LogP contribution in [0.2, 0.25) is 0 Å². The molecule has 0 saturated carbocycles. The van der Waals surface area contributed by atoms with Gasteiger partial charge in [0.15, 0.2) is 16.6 Å². The SMILES string of the molecule is CCc1cc(C(=O)OC)c(NC(=S)NNC(=O)c2ccc3c(c2)OCO3)s1. The van der Waals surface area contributed by atoms with Crippen molar-refractivity contribution in [1.82, 2.24) is 10.9 Å². The standard InChI is InChI=1S/C17H17N3O5S2/c1-3-10-7-11(16(22)23-2)15(27-10)18-17(26)20-19-14(21)9-4-5-12-13(6-9)25-8-24-12/h4-7H,3,8H2,1-2H3,(H,19,21)(H2,18,20,26). The number of ether oxygens (including phenoxy) is 3. The Bertz CT molecular complexity index is 897. The maximum absolute atomic E-state index is 12.2. The monoisotopic (exact) mass is 407 g/mol. The van der Waals surface area contributed by atoms with Gasteiger partial charge in [-0.3, -0.25) is 15.6 Å². The number of anilines is 1. The van der Waals surface area contributed by atoms with Crippen LogP contribution in [0, 0.1) is 0 Å². The lowest BCUT2D eigenvalue weighted by atomic mass is 10.2. The van der Waals surface area contributed by atoms with Crippen LogP contribution in [0.4, 0.5) is 5.00 Å². The average Bonchev–Trinajstić information content (AvgIpc) is 3.31. The lowest BCUT2D eigenvalue weighted by molar-refractivity contribution is 0.0602. The van der Waals surface area contributed by atoms with Crippen LogP contribution in [0.1, 0.15) is 32.5 Å². The molecule has 8 nitrogen and oxygen atoms in total. The van der Waals surface area contributed by atoms with Gasteiger partial charge in [0.1, 0.15) is 5.00 Å². The molecule has 0 unspecified atom stereocenters. The first-order valence-corrected chi connectivity index (χ1v) is 9.22. The molecule has 2 heterocycles. The third-order valence-corrected chi connectivity index (χ3v) is 5.09. The average molecular weight is 407 g/mol. The number of hydrazine groups is 1. The summed E-state index contributed by atoms with van der Waals surface area (Å²) in [5, 5.41) is 3.59. The van der Waals surface area contributed by atoms with Crippen molar-refractivity contribution >= 4 is 45.5 Å². The second-order valence-corrected chi connectivity index (χ2v) is 6.95. The normalized spacial score (nSPS) is 11.6. The second kappa shape index (κ2) is 8.23. The molecule has 3 rings (SSSR count). The number of thiophene rings is 1. The molecule has 3 N–H and O–H groups in total. The van der Waals surface area contributed by atoms with Crippen molar-refractivity contribution in [2.75, 3.05) is 19.2 Å². The number of amides is 1. The smallest absolute Gasteiger partial charge is 0.340 e. The van der Waals surface area contributed by atoms with Gasteiger partial charge in [-0.1, -0.05) is 6.92 Å². The Kier molecular flexibility index (Phi) is 5.77. The van der Waals surface area contributed by atoms with Gasteiger partial charge in [0.2, 0.25) is 6.79 Å². The summed E-state index contributed by atoms with van der Waals surface area (Å²) in [6.07, 6.45) is 0.775. The number of hydrogen-bond donors (Lipinski definition) is 3. The Hall–Kier alpha value is -2.85. The number of esters is 1. The Morgan fingerprint density at radius 2 is 2.00 bits per heavy atom. The van der Waals surface area contributed by atoms with Crippen LogP contribution < -0.4 is 25.6 Å². The van der Waals surface area contributed by atoms with E-state index < -0.39 is 11.9 Å². The van der Waals surface area contributed by atoms with Crippen LogP contribution >= 0.6 is 23.6 Å². The van der Waals surface area contributed by atoms with E-state index in [-0.39, 0.29) is 11.9 Å². The van der Waals surface area contributed by atoms with Crippen LogP contribution in [-0.2, 0) is 11.2 Å². The van der Waals surface area contributed by atoms with Crippen LogP contribution in [0.3, 0.4) is 0 Å². The van der Waals surface area contributed by atoms with Crippen molar-refractivity contribution in [3.05, 3.63) is 40.3 Å². The number of carbonyl (C=O) groups excluding carboxylic acids is 2. The van der Waals surface area contributed by atoms with E-state index in [0.29, 0.717) is 27.6 Å². The Morgan fingerprint density at radius 1 is 1.22 bits per heavy atom. The summed E-state index contributed by atoms with van der Waals surface area (Å²) < 4.78 is 15.2. The molecule has 27 heavy (non-hydrogen) atoms. The first kappa shape index (κ1) is 18.9. The Balaban J connectivity index is 1.60. The molecule has 1 aliphatic rings. The maximum atomic E-state index is 12.2. The lowest BCUT2D eigenvalue weighted by Gasteiger charge is -2.11. The highest BCUT2D eigenvalue weighted by Crippen LogP contribution is 2.32. The third kappa shape index (κ3) is 4.29. The molecule has 0 aliphatic carbocycles. The first-order chi connectivity index (χ1) is 13.0. The van der Waals surface area contributed by atoms with Crippen LogP contribution in [0.25, 0.3) is 0 Å². The van der Waals surface area contributed by atoms with E-state index in [1.807, 2.05) is 6.92 Å². The van der Waals surface area contributed by atoms with Crippen molar-refractivity contribution in [1.29, 1.82) is 0 Å². The van der Waals surface area contributed by atoms with Crippen LogP contribution in [0.5, 0.6) is 11.5 Å². The number of hydrogen-bond acceptors (Lipinski definition) is 7. The summed E-state index contributed by atoms with van der Waals surface area (Å²) in [6.45, 7) is 2.12. The molecule has 1 aliphatic heterocycles. The lowest BCUT2D eigenvalue weighted by Crippen LogP contribution is -2.43. The van der Waals surface area contributed by atoms with Gasteiger partial charge in [-0.25, -0.2) is 4.79 Å². The Morgan fingerprint density at radius 3 is 2.74 bits per heavy atom.